The maximum Gasteiger partial charge on any atom is 0.188 e. The van der Waals surface area contributed by atoms with Gasteiger partial charge in [-0.1, -0.05) is 48.5 Å². The van der Waals surface area contributed by atoms with Crippen LogP contribution in [0.25, 0.3) is 11.1 Å². The fraction of sp³-hybridized carbons (Fsp3) is 0.136. The molecule has 0 spiro atoms. The Morgan fingerprint density at radius 3 is 2.38 bits per heavy atom. The molecule has 0 radical (unpaired) electrons. The molecule has 3 rings (SSSR count). The van der Waals surface area contributed by atoms with E-state index < -0.39 is 0 Å². The Hall–Kier alpha value is -3.11. The van der Waals surface area contributed by atoms with Crippen molar-refractivity contribution in [3.63, 3.8) is 0 Å². The van der Waals surface area contributed by atoms with Crippen molar-refractivity contribution < 1.29 is 19.0 Å². The fourth-order valence-electron chi connectivity index (χ4n) is 2.65. The quantitative estimate of drug-likeness (QED) is 0.436. The summed E-state index contributed by atoms with van der Waals surface area (Å²) in [7, 11) is 1.57. The van der Waals surface area contributed by atoms with Gasteiger partial charge in [0.15, 0.2) is 13.1 Å². The minimum absolute atomic E-state index is 0.145. The summed E-state index contributed by atoms with van der Waals surface area (Å²) in [5.41, 5.74) is 3.24. The zero-order chi connectivity index (χ0) is 18.2. The molecular formula is C22H20O4. The maximum absolute atomic E-state index is 11.6. The van der Waals surface area contributed by atoms with E-state index in [1.807, 2.05) is 66.7 Å². The summed E-state index contributed by atoms with van der Waals surface area (Å²) in [6.45, 7) is 0.595. The second-order valence-corrected chi connectivity index (χ2v) is 5.69. The van der Waals surface area contributed by atoms with Crippen LogP contribution < -0.4 is 9.47 Å². The fourth-order valence-corrected chi connectivity index (χ4v) is 2.65. The number of ether oxygens (including phenoxy) is 3. The van der Waals surface area contributed by atoms with Gasteiger partial charge in [-0.15, -0.1) is 0 Å². The topological polar surface area (TPSA) is 44.8 Å². The Balaban J connectivity index is 1.84. The third-order valence-electron chi connectivity index (χ3n) is 3.91. The third kappa shape index (κ3) is 4.29. The van der Waals surface area contributed by atoms with Gasteiger partial charge in [0, 0.05) is 18.2 Å². The molecule has 26 heavy (non-hydrogen) atoms. The molecule has 3 aromatic rings. The van der Waals surface area contributed by atoms with Crippen LogP contribution in [0.1, 0.15) is 15.9 Å². The smallest absolute Gasteiger partial charge is 0.188 e. The number of carbonyl (C=O) groups is 1. The summed E-state index contributed by atoms with van der Waals surface area (Å²) in [5, 5.41) is 0. The number of carbonyl (C=O) groups excluding carboxylic acids is 1. The molecule has 132 valence electrons. The normalized spacial score (nSPS) is 10.3. The maximum atomic E-state index is 11.6. The number of benzene rings is 3. The number of para-hydroxylation sites is 1. The summed E-state index contributed by atoms with van der Waals surface area (Å²) in [6, 6.07) is 22.9. The van der Waals surface area contributed by atoms with Crippen LogP contribution >= 0.6 is 0 Å². The summed E-state index contributed by atoms with van der Waals surface area (Å²) >= 11 is 0. The summed E-state index contributed by atoms with van der Waals surface area (Å²) in [6.07, 6.45) is 0.831. The zero-order valence-corrected chi connectivity index (χ0v) is 14.6. The molecule has 0 N–H and O–H groups in total. The molecule has 0 unspecified atom stereocenters. The van der Waals surface area contributed by atoms with Crippen LogP contribution in [-0.4, -0.2) is 20.2 Å². The molecular weight excluding hydrogens is 328 g/mol. The van der Waals surface area contributed by atoms with Gasteiger partial charge in [-0.25, -0.2) is 0 Å². The molecule has 0 aromatic heterocycles. The molecule has 0 aliphatic carbocycles. The number of methoxy groups -OCH3 is 1. The van der Waals surface area contributed by atoms with Crippen molar-refractivity contribution in [2.75, 3.05) is 13.9 Å². The second-order valence-electron chi connectivity index (χ2n) is 5.69. The lowest BCUT2D eigenvalue weighted by Crippen LogP contribution is -2.01. The van der Waals surface area contributed by atoms with E-state index in [-0.39, 0.29) is 6.79 Å². The lowest BCUT2D eigenvalue weighted by atomic mass is 9.99. The van der Waals surface area contributed by atoms with Crippen molar-refractivity contribution in [2.45, 2.75) is 6.61 Å². The monoisotopic (exact) mass is 348 g/mol. The highest BCUT2D eigenvalue weighted by Gasteiger charge is 2.11. The Morgan fingerprint density at radius 2 is 1.62 bits per heavy atom. The molecule has 0 saturated carbocycles. The van der Waals surface area contributed by atoms with E-state index in [0.717, 1.165) is 23.0 Å². The first kappa shape index (κ1) is 17.7. The minimum atomic E-state index is 0.145. The molecule has 3 aromatic carbocycles. The van der Waals surface area contributed by atoms with Crippen LogP contribution in [0.4, 0.5) is 0 Å². The Labute approximate surface area is 153 Å². The highest BCUT2D eigenvalue weighted by molar-refractivity contribution is 5.90. The van der Waals surface area contributed by atoms with Crippen LogP contribution in [0.3, 0.4) is 0 Å². The van der Waals surface area contributed by atoms with Crippen LogP contribution in [0, 0.1) is 0 Å². The van der Waals surface area contributed by atoms with Crippen molar-refractivity contribution in [3.05, 3.63) is 83.9 Å². The standard InChI is InChI=1S/C22H20O4/c1-24-16-26-22-10-6-5-9-21(22)20-12-11-19(13-18(20)14-23)25-15-17-7-3-2-4-8-17/h2-14H,15-16H2,1H3. The highest BCUT2D eigenvalue weighted by Crippen LogP contribution is 2.33. The molecule has 0 amide bonds. The van der Waals surface area contributed by atoms with Gasteiger partial charge in [0.2, 0.25) is 0 Å². The molecule has 0 aliphatic rings. The van der Waals surface area contributed by atoms with Crippen molar-refractivity contribution in [3.8, 4) is 22.6 Å². The van der Waals surface area contributed by atoms with Crippen molar-refractivity contribution in [2.24, 2.45) is 0 Å². The zero-order valence-electron chi connectivity index (χ0n) is 14.6. The third-order valence-corrected chi connectivity index (χ3v) is 3.91. The molecule has 0 fully saturated rings. The van der Waals surface area contributed by atoms with Crippen LogP contribution in [0.5, 0.6) is 11.5 Å². The van der Waals surface area contributed by atoms with E-state index >= 15 is 0 Å². The number of aldehydes is 1. The molecule has 0 saturated heterocycles. The van der Waals surface area contributed by atoms with Gasteiger partial charge >= 0.3 is 0 Å². The van der Waals surface area contributed by atoms with Crippen molar-refractivity contribution >= 4 is 6.29 Å². The summed E-state index contributed by atoms with van der Waals surface area (Å²) in [5.74, 6) is 1.31. The predicted octanol–water partition coefficient (Wildman–Crippen LogP) is 4.73. The number of rotatable bonds is 8. The van der Waals surface area contributed by atoms with Crippen molar-refractivity contribution in [1.29, 1.82) is 0 Å². The van der Waals surface area contributed by atoms with E-state index in [0.29, 0.717) is 23.7 Å². The lowest BCUT2D eigenvalue weighted by Gasteiger charge is -2.14. The molecule has 0 heterocycles. The molecule has 4 nitrogen and oxygen atoms in total. The van der Waals surface area contributed by atoms with Gasteiger partial charge in [-0.3, -0.25) is 4.79 Å². The van der Waals surface area contributed by atoms with E-state index in [9.17, 15) is 4.79 Å². The lowest BCUT2D eigenvalue weighted by molar-refractivity contribution is 0.0515. The molecule has 4 heteroatoms. The Morgan fingerprint density at radius 1 is 0.846 bits per heavy atom. The van der Waals surface area contributed by atoms with Gasteiger partial charge in [0.05, 0.1) is 0 Å². The van der Waals surface area contributed by atoms with E-state index in [4.69, 9.17) is 14.2 Å². The first-order chi connectivity index (χ1) is 12.8. The number of hydrogen-bond acceptors (Lipinski definition) is 4. The van der Waals surface area contributed by atoms with Crippen molar-refractivity contribution in [1.82, 2.24) is 0 Å². The summed E-state index contributed by atoms with van der Waals surface area (Å²) in [4.78, 5) is 11.6. The molecule has 0 aliphatic heterocycles. The first-order valence-electron chi connectivity index (χ1n) is 8.29. The van der Waals surface area contributed by atoms with Gasteiger partial charge in [0.25, 0.3) is 0 Å². The molecule has 0 bridgehead atoms. The Bertz CT molecular complexity index is 859. The minimum Gasteiger partial charge on any atom is -0.489 e. The van der Waals surface area contributed by atoms with Gasteiger partial charge in [-0.05, 0) is 35.4 Å². The Kier molecular flexibility index (Phi) is 6.01. The van der Waals surface area contributed by atoms with Gasteiger partial charge in [0.1, 0.15) is 18.1 Å². The SMILES string of the molecule is COCOc1ccccc1-c1ccc(OCc2ccccc2)cc1C=O. The average Bonchev–Trinajstić information content (AvgIpc) is 2.71. The highest BCUT2D eigenvalue weighted by atomic mass is 16.7. The van der Waals surface area contributed by atoms with Crippen LogP contribution in [0.15, 0.2) is 72.8 Å². The largest absolute Gasteiger partial charge is 0.489 e. The van der Waals surface area contributed by atoms with Crippen LogP contribution in [-0.2, 0) is 11.3 Å². The predicted molar refractivity (Wildman–Crippen MR) is 101 cm³/mol. The number of hydrogen-bond donors (Lipinski definition) is 0. The van der Waals surface area contributed by atoms with E-state index in [1.165, 1.54) is 0 Å². The molecule has 0 atom stereocenters. The van der Waals surface area contributed by atoms with E-state index in [1.54, 1.807) is 13.2 Å². The second kappa shape index (κ2) is 8.83. The van der Waals surface area contributed by atoms with E-state index in [2.05, 4.69) is 0 Å². The average molecular weight is 348 g/mol. The first-order valence-corrected chi connectivity index (χ1v) is 8.29. The van der Waals surface area contributed by atoms with Gasteiger partial charge < -0.3 is 14.2 Å². The van der Waals surface area contributed by atoms with Crippen LogP contribution in [0.2, 0.25) is 0 Å². The summed E-state index contributed by atoms with van der Waals surface area (Å²) < 4.78 is 16.4. The van der Waals surface area contributed by atoms with Gasteiger partial charge in [-0.2, -0.15) is 0 Å².